The molecule has 1 atom stereocenters. The Labute approximate surface area is 73.2 Å². The lowest BCUT2D eigenvalue weighted by atomic mass is 10.1. The summed E-state index contributed by atoms with van der Waals surface area (Å²) in [7, 11) is 0. The summed E-state index contributed by atoms with van der Waals surface area (Å²) in [6, 6.07) is 4.07. The van der Waals surface area contributed by atoms with Crippen LogP contribution in [-0.2, 0) is 0 Å². The molecule has 0 bridgehead atoms. The Bertz CT molecular complexity index is 206. The number of aryl methyl sites for hydroxylation is 1. The fourth-order valence-corrected chi connectivity index (χ4v) is 0.749. The predicted octanol–water partition coefficient (Wildman–Crippen LogP) is 1.83. The van der Waals surface area contributed by atoms with Gasteiger partial charge in [-0.2, -0.15) is 0 Å². The molecule has 0 unspecified atom stereocenters. The maximum Gasteiger partial charge on any atom is 0.0372 e. The Kier molecular flexibility index (Phi) is 4.08. The monoisotopic (exact) mass is 172 g/mol. The molecule has 2 nitrogen and oxygen atoms in total. The van der Waals surface area contributed by atoms with E-state index < -0.39 is 0 Å². The van der Waals surface area contributed by atoms with Crippen LogP contribution >= 0.6 is 12.4 Å². The van der Waals surface area contributed by atoms with E-state index in [9.17, 15) is 0 Å². The van der Waals surface area contributed by atoms with Crippen molar-refractivity contribution in [3.05, 3.63) is 29.6 Å². The molecule has 11 heavy (non-hydrogen) atoms. The molecule has 1 heterocycles. The zero-order valence-electron chi connectivity index (χ0n) is 6.74. The van der Waals surface area contributed by atoms with Crippen molar-refractivity contribution in [2.45, 2.75) is 19.9 Å². The largest absolute Gasteiger partial charge is 0.324 e. The van der Waals surface area contributed by atoms with Crippen molar-refractivity contribution < 1.29 is 0 Å². The van der Waals surface area contributed by atoms with E-state index in [1.807, 2.05) is 32.2 Å². The Morgan fingerprint density at radius 2 is 2.09 bits per heavy atom. The predicted molar refractivity (Wildman–Crippen MR) is 48.8 cm³/mol. The van der Waals surface area contributed by atoms with E-state index in [4.69, 9.17) is 5.73 Å². The molecule has 1 aromatic rings. The zero-order valence-corrected chi connectivity index (χ0v) is 7.56. The van der Waals surface area contributed by atoms with Gasteiger partial charge in [-0.05, 0) is 25.5 Å². The summed E-state index contributed by atoms with van der Waals surface area (Å²) in [6.07, 6.45) is 1.82. The lowest BCUT2D eigenvalue weighted by Gasteiger charge is -2.03. The van der Waals surface area contributed by atoms with Gasteiger partial charge in [-0.3, -0.25) is 4.98 Å². The molecule has 1 aromatic heterocycles. The molecule has 62 valence electrons. The van der Waals surface area contributed by atoms with Gasteiger partial charge in [0.1, 0.15) is 0 Å². The second-order valence-electron chi connectivity index (χ2n) is 2.52. The van der Waals surface area contributed by atoms with Crippen LogP contribution in [0.2, 0.25) is 0 Å². The highest BCUT2D eigenvalue weighted by molar-refractivity contribution is 5.85. The molecule has 0 amide bonds. The highest BCUT2D eigenvalue weighted by atomic mass is 35.5. The van der Waals surface area contributed by atoms with Crippen LogP contribution in [0.25, 0.3) is 0 Å². The SMILES string of the molecule is Cc1ccc([C@H](C)N)cn1.Cl. The zero-order chi connectivity index (χ0) is 7.56. The van der Waals surface area contributed by atoms with Crippen molar-refractivity contribution in [3.63, 3.8) is 0 Å². The molecule has 0 radical (unpaired) electrons. The van der Waals surface area contributed by atoms with Crippen LogP contribution in [0, 0.1) is 6.92 Å². The first-order valence-electron chi connectivity index (χ1n) is 3.38. The number of nitrogens with two attached hydrogens (primary N) is 1. The first kappa shape index (κ1) is 10.4. The minimum atomic E-state index is 0. The minimum absolute atomic E-state index is 0. The molecule has 0 aliphatic rings. The molecule has 0 aromatic carbocycles. The van der Waals surface area contributed by atoms with Crippen LogP contribution in [-0.4, -0.2) is 4.98 Å². The maximum atomic E-state index is 5.62. The van der Waals surface area contributed by atoms with E-state index in [2.05, 4.69) is 4.98 Å². The lowest BCUT2D eigenvalue weighted by molar-refractivity contribution is 0.810. The first-order chi connectivity index (χ1) is 4.70. The molecule has 0 aliphatic heterocycles. The van der Waals surface area contributed by atoms with Gasteiger partial charge in [0.2, 0.25) is 0 Å². The Morgan fingerprint density at radius 3 is 2.45 bits per heavy atom. The average molecular weight is 173 g/mol. The van der Waals surface area contributed by atoms with E-state index >= 15 is 0 Å². The summed E-state index contributed by atoms with van der Waals surface area (Å²) in [5, 5.41) is 0. The van der Waals surface area contributed by atoms with Crippen LogP contribution in [0.15, 0.2) is 18.3 Å². The standard InChI is InChI=1S/C8H12N2.ClH/c1-6-3-4-8(5-10-6)7(2)9;/h3-5,7H,9H2,1-2H3;1H/t7-;/m0./s1. The number of hydrogen-bond acceptors (Lipinski definition) is 2. The van der Waals surface area contributed by atoms with E-state index in [1.165, 1.54) is 0 Å². The van der Waals surface area contributed by atoms with Crippen molar-refractivity contribution in [2.75, 3.05) is 0 Å². The lowest BCUT2D eigenvalue weighted by Crippen LogP contribution is -2.04. The van der Waals surface area contributed by atoms with Crippen LogP contribution in [0.1, 0.15) is 24.2 Å². The van der Waals surface area contributed by atoms with Gasteiger partial charge in [0, 0.05) is 17.9 Å². The first-order valence-corrected chi connectivity index (χ1v) is 3.38. The van der Waals surface area contributed by atoms with Gasteiger partial charge in [-0.1, -0.05) is 6.07 Å². The third kappa shape index (κ3) is 2.87. The second-order valence-corrected chi connectivity index (χ2v) is 2.52. The summed E-state index contributed by atoms with van der Waals surface area (Å²) in [5.74, 6) is 0. The Balaban J connectivity index is 0.000001000. The van der Waals surface area contributed by atoms with E-state index in [-0.39, 0.29) is 18.4 Å². The van der Waals surface area contributed by atoms with Gasteiger partial charge in [0.25, 0.3) is 0 Å². The van der Waals surface area contributed by atoms with Crippen LogP contribution < -0.4 is 5.73 Å². The van der Waals surface area contributed by atoms with Gasteiger partial charge in [0.05, 0.1) is 0 Å². The molecular weight excluding hydrogens is 160 g/mol. The summed E-state index contributed by atoms with van der Waals surface area (Å²) in [4.78, 5) is 4.12. The van der Waals surface area contributed by atoms with E-state index in [1.54, 1.807) is 0 Å². The molecular formula is C8H13ClN2. The number of halogens is 1. The smallest absolute Gasteiger partial charge is 0.0372 e. The number of nitrogens with zero attached hydrogens (tertiary/aromatic N) is 1. The molecule has 0 saturated heterocycles. The molecule has 2 N–H and O–H groups in total. The van der Waals surface area contributed by atoms with Gasteiger partial charge in [-0.25, -0.2) is 0 Å². The third-order valence-electron chi connectivity index (χ3n) is 1.46. The van der Waals surface area contributed by atoms with Crippen LogP contribution in [0.5, 0.6) is 0 Å². The van der Waals surface area contributed by atoms with Crippen LogP contribution in [0.4, 0.5) is 0 Å². The minimum Gasteiger partial charge on any atom is -0.324 e. The Hall–Kier alpha value is -0.600. The highest BCUT2D eigenvalue weighted by Crippen LogP contribution is 2.06. The van der Waals surface area contributed by atoms with Gasteiger partial charge >= 0.3 is 0 Å². The van der Waals surface area contributed by atoms with Crippen LogP contribution in [0.3, 0.4) is 0 Å². The van der Waals surface area contributed by atoms with Gasteiger partial charge in [0.15, 0.2) is 0 Å². The molecule has 0 fully saturated rings. The van der Waals surface area contributed by atoms with E-state index in [0.29, 0.717) is 0 Å². The number of aromatic nitrogens is 1. The van der Waals surface area contributed by atoms with Crippen molar-refractivity contribution in [1.82, 2.24) is 4.98 Å². The molecule has 0 spiro atoms. The molecule has 3 heteroatoms. The molecule has 1 rings (SSSR count). The topological polar surface area (TPSA) is 38.9 Å². The average Bonchev–Trinajstić information content (AvgIpc) is 1.88. The van der Waals surface area contributed by atoms with Crippen molar-refractivity contribution >= 4 is 12.4 Å². The summed E-state index contributed by atoms with van der Waals surface area (Å²) in [6.45, 7) is 3.91. The van der Waals surface area contributed by atoms with Crippen molar-refractivity contribution in [3.8, 4) is 0 Å². The maximum absolute atomic E-state index is 5.62. The summed E-state index contributed by atoms with van der Waals surface area (Å²) >= 11 is 0. The second kappa shape index (κ2) is 4.31. The third-order valence-corrected chi connectivity index (χ3v) is 1.46. The van der Waals surface area contributed by atoms with Gasteiger partial charge < -0.3 is 5.73 Å². The van der Waals surface area contributed by atoms with Crippen molar-refractivity contribution in [2.24, 2.45) is 5.73 Å². The molecule has 0 aliphatic carbocycles. The van der Waals surface area contributed by atoms with Crippen molar-refractivity contribution in [1.29, 1.82) is 0 Å². The highest BCUT2D eigenvalue weighted by Gasteiger charge is 1.96. The fourth-order valence-electron chi connectivity index (χ4n) is 0.749. The van der Waals surface area contributed by atoms with Gasteiger partial charge in [-0.15, -0.1) is 12.4 Å². The fraction of sp³-hybridized carbons (Fsp3) is 0.375. The number of rotatable bonds is 1. The summed E-state index contributed by atoms with van der Waals surface area (Å²) < 4.78 is 0. The quantitative estimate of drug-likeness (QED) is 0.702. The summed E-state index contributed by atoms with van der Waals surface area (Å²) in [5.41, 5.74) is 7.74. The normalized spacial score (nSPS) is 11.9. The number of hydrogen-bond donors (Lipinski definition) is 1. The number of pyridine rings is 1. The Morgan fingerprint density at radius 1 is 1.45 bits per heavy atom. The van der Waals surface area contributed by atoms with E-state index in [0.717, 1.165) is 11.3 Å². The molecule has 0 saturated carbocycles.